The number of hydrogen-bond acceptors (Lipinski definition) is 7. The second-order valence-corrected chi connectivity index (χ2v) is 7.10. The number of nitrogens with zero attached hydrogens (tertiary/aromatic N) is 3. The molecule has 0 amide bonds. The normalized spacial score (nSPS) is 11.1. The van der Waals surface area contributed by atoms with Gasteiger partial charge in [-0.1, -0.05) is 45.6 Å². The lowest BCUT2D eigenvalue weighted by Gasteiger charge is -2.07. The summed E-state index contributed by atoms with van der Waals surface area (Å²) in [6.45, 7) is 0. The molecule has 0 saturated carbocycles. The molecule has 148 valence electrons. The Balaban J connectivity index is 1.54. The predicted octanol–water partition coefficient (Wildman–Crippen LogP) is 5.33. The molecular formula is C20H10Cl2N4O4. The van der Waals surface area contributed by atoms with E-state index in [9.17, 15) is 4.79 Å². The van der Waals surface area contributed by atoms with Crippen molar-refractivity contribution in [1.29, 1.82) is 0 Å². The van der Waals surface area contributed by atoms with Crippen LogP contribution >= 0.6 is 23.2 Å². The van der Waals surface area contributed by atoms with Crippen molar-refractivity contribution >= 4 is 34.1 Å². The molecule has 0 fully saturated rings. The molecule has 0 saturated heterocycles. The lowest BCUT2D eigenvalue weighted by molar-refractivity contribution is 0.388. The van der Waals surface area contributed by atoms with Crippen LogP contribution in [-0.4, -0.2) is 20.3 Å². The SMILES string of the molecule is O=c1[nH]c(-c2ccc3noc(-c4cccc(Oc5ncc(Cl)cc5Cl)c4)c3c2)no1. The predicted molar refractivity (Wildman–Crippen MR) is 110 cm³/mol. The first-order valence-corrected chi connectivity index (χ1v) is 9.37. The standard InChI is InChI=1S/C20H10Cl2N4O4/c21-12-8-15(22)19(23-9-12)28-13-3-1-2-10(6-13)17-14-7-11(4-5-16(14)25-29-17)18-24-20(27)30-26-18/h1-9H,(H,24,26,27). The average molecular weight is 441 g/mol. The highest BCUT2D eigenvalue weighted by molar-refractivity contribution is 6.35. The van der Waals surface area contributed by atoms with Crippen LogP contribution in [0.2, 0.25) is 10.0 Å². The van der Waals surface area contributed by atoms with Crippen LogP contribution in [0, 0.1) is 0 Å². The minimum Gasteiger partial charge on any atom is -0.438 e. The fraction of sp³-hybridized carbons (Fsp3) is 0. The van der Waals surface area contributed by atoms with E-state index >= 15 is 0 Å². The number of aromatic nitrogens is 4. The topological polar surface area (TPSA) is 107 Å². The molecule has 3 heterocycles. The molecular weight excluding hydrogens is 431 g/mol. The average Bonchev–Trinajstić information content (AvgIpc) is 3.36. The van der Waals surface area contributed by atoms with Crippen LogP contribution in [0.4, 0.5) is 0 Å². The van der Waals surface area contributed by atoms with E-state index < -0.39 is 5.76 Å². The molecule has 0 spiro atoms. The van der Waals surface area contributed by atoms with Crippen molar-refractivity contribution in [2.45, 2.75) is 0 Å². The van der Waals surface area contributed by atoms with Gasteiger partial charge in [0, 0.05) is 17.3 Å². The van der Waals surface area contributed by atoms with Crippen molar-refractivity contribution in [1.82, 2.24) is 20.3 Å². The molecule has 5 rings (SSSR count). The number of benzene rings is 2. The number of halogens is 2. The fourth-order valence-electron chi connectivity index (χ4n) is 2.94. The molecule has 0 atom stereocenters. The van der Waals surface area contributed by atoms with Crippen LogP contribution in [0.25, 0.3) is 33.6 Å². The first-order valence-electron chi connectivity index (χ1n) is 8.62. The molecule has 0 aliphatic rings. The Hall–Kier alpha value is -3.62. The molecule has 5 aromatic rings. The van der Waals surface area contributed by atoms with Gasteiger partial charge < -0.3 is 9.26 Å². The number of nitrogens with one attached hydrogen (secondary N) is 1. The third-order valence-corrected chi connectivity index (χ3v) is 4.75. The number of rotatable bonds is 4. The summed E-state index contributed by atoms with van der Waals surface area (Å²) in [4.78, 5) is 17.9. The van der Waals surface area contributed by atoms with E-state index in [4.69, 9.17) is 32.5 Å². The molecule has 3 aromatic heterocycles. The molecule has 0 bridgehead atoms. The molecule has 0 unspecified atom stereocenters. The number of aromatic amines is 1. The number of fused-ring (bicyclic) bond motifs is 1. The summed E-state index contributed by atoms with van der Waals surface area (Å²) in [5.74, 6) is 0.950. The Bertz CT molecular complexity index is 1440. The van der Waals surface area contributed by atoms with Gasteiger partial charge in [0.2, 0.25) is 5.88 Å². The maximum atomic E-state index is 11.2. The lowest BCUT2D eigenvalue weighted by atomic mass is 10.1. The van der Waals surface area contributed by atoms with Crippen molar-refractivity contribution in [3.05, 3.63) is 75.3 Å². The molecule has 0 radical (unpaired) electrons. The third kappa shape index (κ3) is 3.42. The van der Waals surface area contributed by atoms with Crippen molar-refractivity contribution in [3.8, 4) is 34.3 Å². The molecule has 30 heavy (non-hydrogen) atoms. The first-order chi connectivity index (χ1) is 14.6. The highest BCUT2D eigenvalue weighted by Gasteiger charge is 2.15. The first kappa shape index (κ1) is 18.4. The maximum absolute atomic E-state index is 11.2. The summed E-state index contributed by atoms with van der Waals surface area (Å²) in [5, 5.41) is 9.25. The fourth-order valence-corrected chi connectivity index (χ4v) is 3.36. The Labute approximate surface area is 178 Å². The molecule has 1 N–H and O–H groups in total. The van der Waals surface area contributed by atoms with Gasteiger partial charge in [-0.2, -0.15) is 0 Å². The Morgan fingerprint density at radius 3 is 2.67 bits per heavy atom. The summed E-state index contributed by atoms with van der Waals surface area (Å²) in [6, 6.07) is 14.1. The summed E-state index contributed by atoms with van der Waals surface area (Å²) in [7, 11) is 0. The molecule has 8 nitrogen and oxygen atoms in total. The van der Waals surface area contributed by atoms with E-state index in [1.54, 1.807) is 36.4 Å². The zero-order chi connectivity index (χ0) is 20.7. The quantitative estimate of drug-likeness (QED) is 0.402. The number of pyridine rings is 1. The van der Waals surface area contributed by atoms with Crippen molar-refractivity contribution in [2.75, 3.05) is 0 Å². The second kappa shape index (κ2) is 7.33. The molecule has 2 aromatic carbocycles. The van der Waals surface area contributed by atoms with Crippen LogP contribution in [0.1, 0.15) is 0 Å². The van der Waals surface area contributed by atoms with Crippen LogP contribution in [0.5, 0.6) is 11.6 Å². The largest absolute Gasteiger partial charge is 0.439 e. The summed E-state index contributed by atoms with van der Waals surface area (Å²) >= 11 is 12.0. The number of ether oxygens (including phenoxy) is 1. The van der Waals surface area contributed by atoms with E-state index in [0.29, 0.717) is 38.5 Å². The van der Waals surface area contributed by atoms with E-state index in [-0.39, 0.29) is 5.88 Å². The minimum atomic E-state index is -0.630. The van der Waals surface area contributed by atoms with Crippen molar-refractivity contribution in [2.24, 2.45) is 0 Å². The molecule has 10 heteroatoms. The highest BCUT2D eigenvalue weighted by Crippen LogP contribution is 2.35. The Morgan fingerprint density at radius 2 is 1.87 bits per heavy atom. The van der Waals surface area contributed by atoms with E-state index in [0.717, 1.165) is 10.9 Å². The zero-order valence-corrected chi connectivity index (χ0v) is 16.4. The van der Waals surface area contributed by atoms with Gasteiger partial charge in [-0.15, -0.1) is 0 Å². The summed E-state index contributed by atoms with van der Waals surface area (Å²) in [5.41, 5.74) is 2.03. The van der Waals surface area contributed by atoms with Gasteiger partial charge in [0.1, 0.15) is 16.3 Å². The van der Waals surface area contributed by atoms with Gasteiger partial charge in [-0.3, -0.25) is 9.51 Å². The monoisotopic (exact) mass is 440 g/mol. The van der Waals surface area contributed by atoms with Gasteiger partial charge in [-0.25, -0.2) is 9.78 Å². The van der Waals surface area contributed by atoms with Gasteiger partial charge in [0.15, 0.2) is 11.6 Å². The zero-order valence-electron chi connectivity index (χ0n) is 14.9. The van der Waals surface area contributed by atoms with Crippen molar-refractivity contribution in [3.63, 3.8) is 0 Å². The Morgan fingerprint density at radius 1 is 0.967 bits per heavy atom. The van der Waals surface area contributed by atoms with Crippen LogP contribution in [-0.2, 0) is 0 Å². The smallest absolute Gasteiger partial charge is 0.438 e. The summed E-state index contributed by atoms with van der Waals surface area (Å²) in [6.07, 6.45) is 1.45. The lowest BCUT2D eigenvalue weighted by Crippen LogP contribution is -1.94. The van der Waals surface area contributed by atoms with Gasteiger partial charge >= 0.3 is 5.76 Å². The molecule has 0 aliphatic heterocycles. The minimum absolute atomic E-state index is 0.234. The number of hydrogen-bond donors (Lipinski definition) is 1. The second-order valence-electron chi connectivity index (χ2n) is 6.26. The van der Waals surface area contributed by atoms with E-state index in [2.05, 4.69) is 24.8 Å². The van der Waals surface area contributed by atoms with Crippen molar-refractivity contribution < 1.29 is 13.8 Å². The third-order valence-electron chi connectivity index (χ3n) is 4.28. The van der Waals surface area contributed by atoms with E-state index in [1.807, 2.05) is 12.1 Å². The molecule has 0 aliphatic carbocycles. The van der Waals surface area contributed by atoms with Gasteiger partial charge in [0.05, 0.1) is 10.4 Å². The van der Waals surface area contributed by atoms with Gasteiger partial charge in [-0.05, 0) is 36.4 Å². The summed E-state index contributed by atoms with van der Waals surface area (Å²) < 4.78 is 15.9. The Kier molecular flexibility index (Phi) is 4.50. The van der Waals surface area contributed by atoms with Gasteiger partial charge in [0.25, 0.3) is 0 Å². The van der Waals surface area contributed by atoms with Crippen LogP contribution < -0.4 is 10.5 Å². The maximum Gasteiger partial charge on any atom is 0.439 e. The van der Waals surface area contributed by atoms with Crippen LogP contribution in [0.3, 0.4) is 0 Å². The highest BCUT2D eigenvalue weighted by atomic mass is 35.5. The van der Waals surface area contributed by atoms with Crippen LogP contribution in [0.15, 0.2) is 68.6 Å². The number of H-pyrrole nitrogens is 1. The van der Waals surface area contributed by atoms with E-state index in [1.165, 1.54) is 6.20 Å².